The minimum Gasteiger partial charge on any atom is -0.396 e. The quantitative estimate of drug-likeness (QED) is 0.638. The van der Waals surface area contributed by atoms with Gasteiger partial charge in [0.15, 0.2) is 0 Å². The first-order chi connectivity index (χ1) is 4.74. The Labute approximate surface area is 60.1 Å². The second-order valence-corrected chi connectivity index (χ2v) is 2.56. The Hall–Kier alpha value is -0.830. The molecule has 0 aromatic carbocycles. The smallest absolute Gasteiger partial charge is 0.0675 e. The third kappa shape index (κ3) is 1.36. The van der Waals surface area contributed by atoms with Crippen molar-refractivity contribution in [1.29, 1.82) is 0 Å². The lowest BCUT2D eigenvalue weighted by Gasteiger charge is -2.00. The van der Waals surface area contributed by atoms with Gasteiger partial charge in [0.25, 0.3) is 0 Å². The van der Waals surface area contributed by atoms with Gasteiger partial charge in [0, 0.05) is 11.6 Å². The molecule has 1 atom stereocenters. The monoisotopic (exact) mass is 140 g/mol. The first-order valence-corrected chi connectivity index (χ1v) is 3.37. The SMILES string of the molecule is Cc1cc(C(C)CO)n[nH]1. The van der Waals surface area contributed by atoms with Crippen LogP contribution in [-0.4, -0.2) is 21.9 Å². The second-order valence-electron chi connectivity index (χ2n) is 2.56. The van der Waals surface area contributed by atoms with Crippen LogP contribution >= 0.6 is 0 Å². The highest BCUT2D eigenvalue weighted by molar-refractivity contribution is 5.10. The lowest BCUT2D eigenvalue weighted by atomic mass is 10.1. The maximum Gasteiger partial charge on any atom is 0.0675 e. The van der Waals surface area contributed by atoms with E-state index < -0.39 is 0 Å². The van der Waals surface area contributed by atoms with E-state index in [4.69, 9.17) is 5.11 Å². The minimum atomic E-state index is 0.143. The number of nitrogens with one attached hydrogen (secondary N) is 1. The van der Waals surface area contributed by atoms with Crippen molar-refractivity contribution >= 4 is 0 Å². The molecule has 10 heavy (non-hydrogen) atoms. The van der Waals surface area contributed by atoms with Gasteiger partial charge in [-0.15, -0.1) is 0 Å². The number of nitrogens with zero attached hydrogens (tertiary/aromatic N) is 1. The molecule has 1 aromatic heterocycles. The number of aromatic nitrogens is 2. The summed E-state index contributed by atoms with van der Waals surface area (Å²) in [6.45, 7) is 4.04. The third-order valence-electron chi connectivity index (χ3n) is 1.50. The molecule has 0 radical (unpaired) electrons. The Kier molecular flexibility index (Phi) is 2.06. The number of aromatic amines is 1. The number of hydrogen-bond donors (Lipinski definition) is 2. The molecule has 2 N–H and O–H groups in total. The van der Waals surface area contributed by atoms with Gasteiger partial charge in [-0.2, -0.15) is 5.10 Å². The van der Waals surface area contributed by atoms with E-state index in [0.717, 1.165) is 11.4 Å². The molecule has 1 aromatic rings. The highest BCUT2D eigenvalue weighted by atomic mass is 16.3. The third-order valence-corrected chi connectivity index (χ3v) is 1.50. The molecule has 0 aliphatic heterocycles. The topological polar surface area (TPSA) is 48.9 Å². The Balaban J connectivity index is 2.74. The molecule has 0 amide bonds. The van der Waals surface area contributed by atoms with Crippen LogP contribution in [0.25, 0.3) is 0 Å². The number of hydrogen-bond acceptors (Lipinski definition) is 2. The van der Waals surface area contributed by atoms with E-state index in [1.54, 1.807) is 0 Å². The number of aliphatic hydroxyl groups is 1. The van der Waals surface area contributed by atoms with Crippen molar-refractivity contribution in [3.63, 3.8) is 0 Å². The van der Waals surface area contributed by atoms with E-state index in [0.29, 0.717) is 0 Å². The molecule has 3 nitrogen and oxygen atoms in total. The fourth-order valence-electron chi connectivity index (χ4n) is 0.785. The lowest BCUT2D eigenvalue weighted by molar-refractivity contribution is 0.271. The van der Waals surface area contributed by atoms with Crippen LogP contribution in [0.5, 0.6) is 0 Å². The first-order valence-electron chi connectivity index (χ1n) is 3.37. The van der Waals surface area contributed by atoms with Crippen molar-refractivity contribution in [3.8, 4) is 0 Å². The van der Waals surface area contributed by atoms with E-state index >= 15 is 0 Å². The number of aliphatic hydroxyl groups excluding tert-OH is 1. The van der Waals surface area contributed by atoms with E-state index in [9.17, 15) is 0 Å². The zero-order chi connectivity index (χ0) is 7.56. The molecule has 0 aliphatic rings. The molecule has 0 spiro atoms. The Bertz CT molecular complexity index is 207. The molecule has 0 bridgehead atoms. The average Bonchev–Trinajstić information content (AvgIpc) is 2.34. The molecule has 1 unspecified atom stereocenters. The van der Waals surface area contributed by atoms with Gasteiger partial charge in [-0.1, -0.05) is 6.92 Å². The summed E-state index contributed by atoms with van der Waals surface area (Å²) in [7, 11) is 0. The van der Waals surface area contributed by atoms with Crippen LogP contribution in [0.2, 0.25) is 0 Å². The van der Waals surface area contributed by atoms with Crippen LogP contribution in [0.4, 0.5) is 0 Å². The van der Waals surface area contributed by atoms with Gasteiger partial charge in [-0.25, -0.2) is 0 Å². The molecule has 56 valence electrons. The van der Waals surface area contributed by atoms with Crippen LogP contribution in [0.3, 0.4) is 0 Å². The maximum absolute atomic E-state index is 8.74. The van der Waals surface area contributed by atoms with Crippen molar-refractivity contribution < 1.29 is 5.11 Å². The Morgan fingerprint density at radius 2 is 2.50 bits per heavy atom. The van der Waals surface area contributed by atoms with Gasteiger partial charge in [0.1, 0.15) is 0 Å². The van der Waals surface area contributed by atoms with Gasteiger partial charge < -0.3 is 5.11 Å². The van der Waals surface area contributed by atoms with Crippen molar-refractivity contribution in [2.75, 3.05) is 6.61 Å². The van der Waals surface area contributed by atoms with E-state index in [2.05, 4.69) is 10.2 Å². The molecule has 0 saturated carbocycles. The Morgan fingerprint density at radius 3 is 2.90 bits per heavy atom. The first kappa shape index (κ1) is 7.28. The summed E-state index contributed by atoms with van der Waals surface area (Å²) in [6.07, 6.45) is 0. The summed E-state index contributed by atoms with van der Waals surface area (Å²) in [5.74, 6) is 0.143. The van der Waals surface area contributed by atoms with Crippen LogP contribution < -0.4 is 0 Å². The van der Waals surface area contributed by atoms with Gasteiger partial charge in [-0.3, -0.25) is 5.10 Å². The normalized spacial score (nSPS) is 13.5. The summed E-state index contributed by atoms with van der Waals surface area (Å²) in [5.41, 5.74) is 1.97. The molecular weight excluding hydrogens is 128 g/mol. The Morgan fingerprint density at radius 1 is 1.80 bits per heavy atom. The summed E-state index contributed by atoms with van der Waals surface area (Å²) < 4.78 is 0. The zero-order valence-electron chi connectivity index (χ0n) is 6.26. The van der Waals surface area contributed by atoms with Gasteiger partial charge in [0.05, 0.1) is 12.3 Å². The summed E-state index contributed by atoms with van der Waals surface area (Å²) >= 11 is 0. The summed E-state index contributed by atoms with van der Waals surface area (Å²) in [6, 6.07) is 1.95. The van der Waals surface area contributed by atoms with Gasteiger partial charge in [0.2, 0.25) is 0 Å². The van der Waals surface area contributed by atoms with Gasteiger partial charge in [-0.05, 0) is 13.0 Å². The predicted octanol–water partition coefficient (Wildman–Crippen LogP) is 0.814. The molecule has 0 aliphatic carbocycles. The van der Waals surface area contributed by atoms with Crippen molar-refractivity contribution in [2.24, 2.45) is 0 Å². The summed E-state index contributed by atoms with van der Waals surface area (Å²) in [4.78, 5) is 0. The van der Waals surface area contributed by atoms with Gasteiger partial charge >= 0.3 is 0 Å². The molecule has 0 saturated heterocycles. The molecular formula is C7H12N2O. The highest BCUT2D eigenvalue weighted by Crippen LogP contribution is 2.11. The van der Waals surface area contributed by atoms with Crippen LogP contribution in [0, 0.1) is 6.92 Å². The van der Waals surface area contributed by atoms with E-state index in [1.807, 2.05) is 19.9 Å². The van der Waals surface area contributed by atoms with E-state index in [-0.39, 0.29) is 12.5 Å². The fraction of sp³-hybridized carbons (Fsp3) is 0.571. The number of H-pyrrole nitrogens is 1. The molecule has 1 rings (SSSR count). The van der Waals surface area contributed by atoms with Crippen LogP contribution in [-0.2, 0) is 0 Å². The highest BCUT2D eigenvalue weighted by Gasteiger charge is 2.05. The largest absolute Gasteiger partial charge is 0.396 e. The minimum absolute atomic E-state index is 0.143. The second kappa shape index (κ2) is 2.84. The standard InChI is InChI=1S/C7H12N2O/c1-5(4-10)7-3-6(2)8-9-7/h3,5,10H,4H2,1-2H3,(H,8,9). The average molecular weight is 140 g/mol. The van der Waals surface area contributed by atoms with Crippen LogP contribution in [0.15, 0.2) is 6.07 Å². The zero-order valence-corrected chi connectivity index (χ0v) is 6.26. The predicted molar refractivity (Wildman–Crippen MR) is 38.8 cm³/mol. The molecule has 3 heteroatoms. The van der Waals surface area contributed by atoms with Crippen molar-refractivity contribution in [3.05, 3.63) is 17.5 Å². The van der Waals surface area contributed by atoms with Crippen molar-refractivity contribution in [2.45, 2.75) is 19.8 Å². The molecule has 1 heterocycles. The fourth-order valence-corrected chi connectivity index (χ4v) is 0.785. The molecule has 0 fully saturated rings. The lowest BCUT2D eigenvalue weighted by Crippen LogP contribution is -1.98. The summed E-state index contributed by atoms with van der Waals surface area (Å²) in [5, 5.41) is 15.6. The number of rotatable bonds is 2. The number of aryl methyl sites for hydroxylation is 1. The van der Waals surface area contributed by atoms with Crippen LogP contribution in [0.1, 0.15) is 24.2 Å². The maximum atomic E-state index is 8.74. The van der Waals surface area contributed by atoms with E-state index in [1.165, 1.54) is 0 Å². The van der Waals surface area contributed by atoms with Crippen molar-refractivity contribution in [1.82, 2.24) is 10.2 Å².